The van der Waals surface area contributed by atoms with E-state index in [1.54, 1.807) is 0 Å². The maximum absolute atomic E-state index is 4.38. The van der Waals surface area contributed by atoms with Gasteiger partial charge in [0, 0.05) is 17.8 Å². The van der Waals surface area contributed by atoms with Crippen molar-refractivity contribution in [2.45, 2.75) is 33.1 Å². The second-order valence-electron chi connectivity index (χ2n) is 4.42. The van der Waals surface area contributed by atoms with Gasteiger partial charge in [0.1, 0.15) is 5.82 Å². The molecule has 0 aliphatic carbocycles. The van der Waals surface area contributed by atoms with E-state index in [1.807, 2.05) is 25.1 Å². The number of hydrogen-bond donors (Lipinski definition) is 2. The zero-order chi connectivity index (χ0) is 12.8. The summed E-state index contributed by atoms with van der Waals surface area (Å²) in [6, 6.07) is 8.17. The fourth-order valence-electron chi connectivity index (χ4n) is 1.89. The lowest BCUT2D eigenvalue weighted by Gasteiger charge is -2.09. The number of hydrogen-bond acceptors (Lipinski definition) is 3. The van der Waals surface area contributed by atoms with E-state index in [0.717, 1.165) is 29.4 Å². The van der Waals surface area contributed by atoms with Gasteiger partial charge < -0.3 is 5.32 Å². The van der Waals surface area contributed by atoms with Crippen LogP contribution >= 0.6 is 0 Å². The Bertz CT molecular complexity index is 490. The monoisotopic (exact) mass is 244 g/mol. The summed E-state index contributed by atoms with van der Waals surface area (Å²) in [4.78, 5) is 4.38. The maximum atomic E-state index is 4.38. The first-order chi connectivity index (χ1) is 8.81. The molecule has 0 aliphatic rings. The Labute approximate surface area is 108 Å². The first-order valence-electron chi connectivity index (χ1n) is 6.53. The summed E-state index contributed by atoms with van der Waals surface area (Å²) in [5.41, 5.74) is 2.16. The number of para-hydroxylation sites is 1. The summed E-state index contributed by atoms with van der Waals surface area (Å²) < 4.78 is 0. The van der Waals surface area contributed by atoms with Crippen LogP contribution in [0.1, 0.15) is 32.0 Å². The van der Waals surface area contributed by atoms with Crippen LogP contribution in [-0.4, -0.2) is 21.7 Å². The lowest BCUT2D eigenvalue weighted by Crippen LogP contribution is -2.02. The number of aromatic amines is 1. The standard InChI is InChI=1S/C14H20N4/c1-3-4-7-10-15-13-9-6-5-8-12(13)14-16-11(2)17-18-14/h5-6,8-9,15H,3-4,7,10H2,1-2H3,(H,16,17,18). The van der Waals surface area contributed by atoms with Crippen molar-refractivity contribution >= 4 is 5.69 Å². The Kier molecular flexibility index (Phi) is 4.34. The molecule has 0 spiro atoms. The molecule has 1 aromatic heterocycles. The molecule has 0 aliphatic heterocycles. The minimum atomic E-state index is 0.756. The molecule has 2 aromatic rings. The fourth-order valence-corrected chi connectivity index (χ4v) is 1.89. The van der Waals surface area contributed by atoms with Crippen molar-refractivity contribution in [3.63, 3.8) is 0 Å². The van der Waals surface area contributed by atoms with Gasteiger partial charge in [0.05, 0.1) is 0 Å². The van der Waals surface area contributed by atoms with E-state index in [1.165, 1.54) is 19.3 Å². The second kappa shape index (κ2) is 6.19. The third-order valence-corrected chi connectivity index (χ3v) is 2.86. The van der Waals surface area contributed by atoms with E-state index in [9.17, 15) is 0 Å². The average molecular weight is 244 g/mol. The van der Waals surface area contributed by atoms with E-state index in [-0.39, 0.29) is 0 Å². The zero-order valence-electron chi connectivity index (χ0n) is 11.0. The van der Waals surface area contributed by atoms with Crippen molar-refractivity contribution in [3.05, 3.63) is 30.1 Å². The highest BCUT2D eigenvalue weighted by molar-refractivity contribution is 5.73. The molecule has 0 radical (unpaired) electrons. The van der Waals surface area contributed by atoms with Crippen LogP contribution in [0.5, 0.6) is 0 Å². The summed E-state index contributed by atoms with van der Waals surface area (Å²) >= 11 is 0. The minimum absolute atomic E-state index is 0.756. The quantitative estimate of drug-likeness (QED) is 0.766. The topological polar surface area (TPSA) is 53.6 Å². The van der Waals surface area contributed by atoms with Crippen molar-refractivity contribution in [1.29, 1.82) is 0 Å². The zero-order valence-corrected chi connectivity index (χ0v) is 11.0. The van der Waals surface area contributed by atoms with Crippen molar-refractivity contribution in [1.82, 2.24) is 15.2 Å². The van der Waals surface area contributed by atoms with Gasteiger partial charge in [0.25, 0.3) is 0 Å². The summed E-state index contributed by atoms with van der Waals surface area (Å²) in [5.74, 6) is 1.59. The van der Waals surface area contributed by atoms with E-state index in [2.05, 4.69) is 33.5 Å². The largest absolute Gasteiger partial charge is 0.384 e. The number of benzene rings is 1. The van der Waals surface area contributed by atoms with Crippen LogP contribution in [0, 0.1) is 6.92 Å². The molecule has 96 valence electrons. The van der Waals surface area contributed by atoms with Crippen molar-refractivity contribution in [3.8, 4) is 11.4 Å². The number of H-pyrrole nitrogens is 1. The van der Waals surface area contributed by atoms with Gasteiger partial charge in [-0.25, -0.2) is 4.98 Å². The third kappa shape index (κ3) is 3.09. The van der Waals surface area contributed by atoms with Crippen LogP contribution in [0.15, 0.2) is 24.3 Å². The Balaban J connectivity index is 2.10. The van der Waals surface area contributed by atoms with Crippen LogP contribution in [0.4, 0.5) is 5.69 Å². The third-order valence-electron chi connectivity index (χ3n) is 2.86. The smallest absolute Gasteiger partial charge is 0.183 e. The van der Waals surface area contributed by atoms with Crippen molar-refractivity contribution < 1.29 is 0 Å². The first-order valence-corrected chi connectivity index (χ1v) is 6.53. The molecule has 1 aromatic carbocycles. The molecule has 0 fully saturated rings. The van der Waals surface area contributed by atoms with Crippen LogP contribution in [0.3, 0.4) is 0 Å². The van der Waals surface area contributed by atoms with Crippen molar-refractivity contribution in [2.75, 3.05) is 11.9 Å². The van der Waals surface area contributed by atoms with Gasteiger partial charge in [0.15, 0.2) is 5.82 Å². The highest BCUT2D eigenvalue weighted by Gasteiger charge is 2.08. The molecule has 0 unspecified atom stereocenters. The summed E-state index contributed by atoms with van der Waals surface area (Å²) in [7, 11) is 0. The molecule has 4 nitrogen and oxygen atoms in total. The number of rotatable bonds is 6. The molecule has 0 bridgehead atoms. The Morgan fingerprint density at radius 3 is 2.78 bits per heavy atom. The molecule has 0 atom stereocenters. The van der Waals surface area contributed by atoms with Crippen molar-refractivity contribution in [2.24, 2.45) is 0 Å². The molecular weight excluding hydrogens is 224 g/mol. The normalized spacial score (nSPS) is 10.6. The predicted molar refractivity (Wildman–Crippen MR) is 74.6 cm³/mol. The minimum Gasteiger partial charge on any atom is -0.384 e. The molecule has 0 saturated heterocycles. The Morgan fingerprint density at radius 1 is 1.22 bits per heavy atom. The Morgan fingerprint density at radius 2 is 2.06 bits per heavy atom. The molecule has 0 amide bonds. The van der Waals surface area contributed by atoms with Crippen LogP contribution in [-0.2, 0) is 0 Å². The number of aromatic nitrogens is 3. The molecule has 0 saturated carbocycles. The lowest BCUT2D eigenvalue weighted by atomic mass is 10.1. The van der Waals surface area contributed by atoms with E-state index in [4.69, 9.17) is 0 Å². The van der Waals surface area contributed by atoms with E-state index < -0.39 is 0 Å². The molecule has 18 heavy (non-hydrogen) atoms. The number of unbranched alkanes of at least 4 members (excludes halogenated alkanes) is 2. The van der Waals surface area contributed by atoms with Gasteiger partial charge in [-0.15, -0.1) is 0 Å². The number of nitrogens with zero attached hydrogens (tertiary/aromatic N) is 2. The SMILES string of the molecule is CCCCCNc1ccccc1-c1n[nH]c(C)n1. The van der Waals surface area contributed by atoms with Gasteiger partial charge in [-0.05, 0) is 25.5 Å². The van der Waals surface area contributed by atoms with Crippen LogP contribution in [0.2, 0.25) is 0 Å². The lowest BCUT2D eigenvalue weighted by molar-refractivity contribution is 0.744. The number of nitrogens with one attached hydrogen (secondary N) is 2. The first kappa shape index (κ1) is 12.6. The predicted octanol–water partition coefficient (Wildman–Crippen LogP) is 3.38. The van der Waals surface area contributed by atoms with E-state index >= 15 is 0 Å². The molecule has 2 rings (SSSR count). The summed E-state index contributed by atoms with van der Waals surface area (Å²) in [6.07, 6.45) is 3.69. The number of aryl methyl sites for hydroxylation is 1. The van der Waals surface area contributed by atoms with Gasteiger partial charge in [-0.3, -0.25) is 5.10 Å². The molecule has 2 N–H and O–H groups in total. The van der Waals surface area contributed by atoms with Crippen LogP contribution in [0.25, 0.3) is 11.4 Å². The molecular formula is C14H20N4. The second-order valence-corrected chi connectivity index (χ2v) is 4.42. The number of anilines is 1. The maximum Gasteiger partial charge on any atom is 0.183 e. The summed E-state index contributed by atoms with van der Waals surface area (Å²) in [6.45, 7) is 5.12. The van der Waals surface area contributed by atoms with Gasteiger partial charge in [-0.1, -0.05) is 31.9 Å². The Hall–Kier alpha value is -1.84. The van der Waals surface area contributed by atoms with E-state index in [0.29, 0.717) is 0 Å². The van der Waals surface area contributed by atoms with Gasteiger partial charge >= 0.3 is 0 Å². The molecule has 4 heteroatoms. The summed E-state index contributed by atoms with van der Waals surface area (Å²) in [5, 5.41) is 10.6. The van der Waals surface area contributed by atoms with Crippen LogP contribution < -0.4 is 5.32 Å². The highest BCUT2D eigenvalue weighted by atomic mass is 15.2. The fraction of sp³-hybridized carbons (Fsp3) is 0.429. The molecule has 1 heterocycles. The highest BCUT2D eigenvalue weighted by Crippen LogP contribution is 2.24. The average Bonchev–Trinajstić information content (AvgIpc) is 2.82. The van der Waals surface area contributed by atoms with Gasteiger partial charge in [-0.2, -0.15) is 5.10 Å². The van der Waals surface area contributed by atoms with Gasteiger partial charge in [0.2, 0.25) is 0 Å².